The van der Waals surface area contributed by atoms with Gasteiger partial charge in [-0.15, -0.1) is 0 Å². The minimum atomic E-state index is -0.240. The van der Waals surface area contributed by atoms with Crippen LogP contribution in [0.5, 0.6) is 0 Å². The minimum Gasteiger partial charge on any atom is -0.399 e. The highest BCUT2D eigenvalue weighted by atomic mass is 16.2. The molecule has 3 aromatic rings. The maximum absolute atomic E-state index is 12.7. The Bertz CT molecular complexity index is 988. The molecule has 0 spiro atoms. The largest absolute Gasteiger partial charge is 0.399 e. The number of aryl methyl sites for hydroxylation is 2. The number of rotatable bonds is 4. The van der Waals surface area contributed by atoms with Crippen molar-refractivity contribution in [2.75, 3.05) is 22.1 Å². The molecular formula is C23H24N4O2. The van der Waals surface area contributed by atoms with Crippen LogP contribution in [0.15, 0.2) is 54.6 Å². The Morgan fingerprint density at radius 2 is 1.00 bits per heavy atom. The van der Waals surface area contributed by atoms with Crippen LogP contribution < -0.4 is 22.1 Å². The van der Waals surface area contributed by atoms with Gasteiger partial charge >= 0.3 is 0 Å². The van der Waals surface area contributed by atoms with Crippen LogP contribution in [-0.4, -0.2) is 11.8 Å². The van der Waals surface area contributed by atoms with Crippen molar-refractivity contribution >= 4 is 34.6 Å². The number of anilines is 4. The molecule has 0 aliphatic carbocycles. The second kappa shape index (κ2) is 8.06. The molecule has 0 atom stereocenters. The Labute approximate surface area is 169 Å². The third-order valence-corrected chi connectivity index (χ3v) is 4.79. The lowest BCUT2D eigenvalue weighted by molar-refractivity contribution is 0.101. The molecule has 0 saturated carbocycles. The third-order valence-electron chi connectivity index (χ3n) is 4.79. The number of hydrogen-bond acceptors (Lipinski definition) is 4. The van der Waals surface area contributed by atoms with E-state index >= 15 is 0 Å². The van der Waals surface area contributed by atoms with Crippen molar-refractivity contribution in [3.63, 3.8) is 0 Å². The molecule has 2 amide bonds. The SMILES string of the molecule is Cc1cc(C)c(NC(=O)c2ccc(N)cc2)c(C)c1NC(=O)c1ccc(N)cc1. The van der Waals surface area contributed by atoms with Crippen LogP contribution in [0, 0.1) is 20.8 Å². The van der Waals surface area contributed by atoms with Gasteiger partial charge in [-0.3, -0.25) is 9.59 Å². The van der Waals surface area contributed by atoms with Crippen LogP contribution in [0.25, 0.3) is 0 Å². The standard InChI is InChI=1S/C23H24N4O2/c1-13-12-14(2)21(27-23(29)17-6-10-19(25)11-7-17)15(3)20(13)26-22(28)16-4-8-18(24)9-5-16/h4-12H,24-25H2,1-3H3,(H,26,28)(H,27,29). The maximum atomic E-state index is 12.7. The summed E-state index contributed by atoms with van der Waals surface area (Å²) in [6, 6.07) is 15.4. The molecule has 0 aromatic heterocycles. The number of carbonyl (C=O) groups excluding carboxylic acids is 2. The van der Waals surface area contributed by atoms with Crippen molar-refractivity contribution in [3.05, 3.63) is 82.4 Å². The molecule has 0 saturated heterocycles. The first-order valence-corrected chi connectivity index (χ1v) is 9.21. The average molecular weight is 388 g/mol. The first-order chi connectivity index (χ1) is 13.8. The summed E-state index contributed by atoms with van der Waals surface area (Å²) < 4.78 is 0. The molecule has 0 aliphatic rings. The van der Waals surface area contributed by atoms with Crippen molar-refractivity contribution in [2.45, 2.75) is 20.8 Å². The Morgan fingerprint density at radius 1 is 0.655 bits per heavy atom. The van der Waals surface area contributed by atoms with E-state index in [0.717, 1.165) is 16.7 Å². The number of hydrogen-bond donors (Lipinski definition) is 4. The van der Waals surface area contributed by atoms with Crippen LogP contribution in [0.4, 0.5) is 22.7 Å². The van der Waals surface area contributed by atoms with Gasteiger partial charge in [-0.05, 0) is 86.0 Å². The summed E-state index contributed by atoms with van der Waals surface area (Å²) in [5.41, 5.74) is 17.5. The summed E-state index contributed by atoms with van der Waals surface area (Å²) >= 11 is 0. The van der Waals surface area contributed by atoms with E-state index in [1.54, 1.807) is 48.5 Å². The van der Waals surface area contributed by atoms with Gasteiger partial charge in [0.15, 0.2) is 0 Å². The lowest BCUT2D eigenvalue weighted by atomic mass is 10.0. The molecular weight excluding hydrogens is 364 g/mol. The van der Waals surface area contributed by atoms with Crippen molar-refractivity contribution in [1.29, 1.82) is 0 Å². The van der Waals surface area contributed by atoms with Gasteiger partial charge in [0.05, 0.1) is 0 Å². The zero-order valence-corrected chi connectivity index (χ0v) is 16.7. The molecule has 6 heteroatoms. The normalized spacial score (nSPS) is 10.4. The van der Waals surface area contributed by atoms with Gasteiger partial charge < -0.3 is 22.1 Å². The van der Waals surface area contributed by atoms with Crippen molar-refractivity contribution in [2.24, 2.45) is 0 Å². The van der Waals surface area contributed by atoms with Gasteiger partial charge in [-0.25, -0.2) is 0 Å². The fraction of sp³-hybridized carbons (Fsp3) is 0.130. The van der Waals surface area contributed by atoms with Crippen molar-refractivity contribution in [1.82, 2.24) is 0 Å². The van der Waals surface area contributed by atoms with Crippen LogP contribution in [-0.2, 0) is 0 Å². The molecule has 0 heterocycles. The summed E-state index contributed by atoms with van der Waals surface area (Å²) in [5.74, 6) is -0.480. The van der Waals surface area contributed by atoms with Gasteiger partial charge in [-0.1, -0.05) is 6.07 Å². The smallest absolute Gasteiger partial charge is 0.255 e. The number of nitrogens with one attached hydrogen (secondary N) is 2. The summed E-state index contributed by atoms with van der Waals surface area (Å²) in [6.45, 7) is 5.71. The lowest BCUT2D eigenvalue weighted by Crippen LogP contribution is -2.17. The molecule has 0 radical (unpaired) electrons. The van der Waals surface area contributed by atoms with E-state index in [2.05, 4.69) is 10.6 Å². The number of carbonyl (C=O) groups is 2. The van der Waals surface area contributed by atoms with Crippen LogP contribution in [0.2, 0.25) is 0 Å². The van der Waals surface area contributed by atoms with Gasteiger partial charge in [0.25, 0.3) is 11.8 Å². The average Bonchev–Trinajstić information content (AvgIpc) is 2.69. The van der Waals surface area contributed by atoms with Crippen molar-refractivity contribution < 1.29 is 9.59 Å². The topological polar surface area (TPSA) is 110 Å². The second-order valence-corrected chi connectivity index (χ2v) is 7.04. The molecule has 6 N–H and O–H groups in total. The highest BCUT2D eigenvalue weighted by molar-refractivity contribution is 6.08. The highest BCUT2D eigenvalue weighted by Crippen LogP contribution is 2.31. The van der Waals surface area contributed by atoms with E-state index in [4.69, 9.17) is 11.5 Å². The second-order valence-electron chi connectivity index (χ2n) is 7.04. The Balaban J connectivity index is 1.89. The molecule has 3 aromatic carbocycles. The summed E-state index contributed by atoms with van der Waals surface area (Å²) in [4.78, 5) is 25.3. The molecule has 148 valence electrons. The Hall–Kier alpha value is -3.80. The van der Waals surface area contributed by atoms with Gasteiger partial charge in [-0.2, -0.15) is 0 Å². The van der Waals surface area contributed by atoms with Gasteiger partial charge in [0.2, 0.25) is 0 Å². The van der Waals surface area contributed by atoms with Gasteiger partial charge in [0, 0.05) is 33.9 Å². The zero-order valence-electron chi connectivity index (χ0n) is 16.7. The fourth-order valence-electron chi connectivity index (χ4n) is 3.21. The van der Waals surface area contributed by atoms with E-state index in [0.29, 0.717) is 33.9 Å². The van der Waals surface area contributed by atoms with Crippen molar-refractivity contribution in [3.8, 4) is 0 Å². The fourth-order valence-corrected chi connectivity index (χ4v) is 3.21. The first kappa shape index (κ1) is 19.9. The zero-order chi connectivity index (χ0) is 21.1. The number of nitrogen functional groups attached to an aromatic ring is 2. The maximum Gasteiger partial charge on any atom is 0.255 e. The molecule has 3 rings (SSSR count). The molecule has 29 heavy (non-hydrogen) atoms. The first-order valence-electron chi connectivity index (χ1n) is 9.21. The minimum absolute atomic E-state index is 0.240. The quantitative estimate of drug-likeness (QED) is 0.500. The van der Waals surface area contributed by atoms with Crippen LogP contribution >= 0.6 is 0 Å². The predicted octanol–water partition coefficient (Wildman–Crippen LogP) is 4.28. The van der Waals surface area contributed by atoms with E-state index in [-0.39, 0.29) is 11.8 Å². The molecule has 0 aliphatic heterocycles. The van der Waals surface area contributed by atoms with E-state index in [9.17, 15) is 9.59 Å². The highest BCUT2D eigenvalue weighted by Gasteiger charge is 2.17. The monoisotopic (exact) mass is 388 g/mol. The molecule has 0 bridgehead atoms. The van der Waals surface area contributed by atoms with Crippen LogP contribution in [0.1, 0.15) is 37.4 Å². The number of nitrogens with two attached hydrogens (primary N) is 2. The summed E-state index contributed by atoms with van der Waals surface area (Å²) in [6.07, 6.45) is 0. The lowest BCUT2D eigenvalue weighted by Gasteiger charge is -2.19. The van der Waals surface area contributed by atoms with E-state index < -0.39 is 0 Å². The molecule has 6 nitrogen and oxygen atoms in total. The number of benzene rings is 3. The van der Waals surface area contributed by atoms with Crippen LogP contribution in [0.3, 0.4) is 0 Å². The van der Waals surface area contributed by atoms with Gasteiger partial charge in [0.1, 0.15) is 0 Å². The van der Waals surface area contributed by atoms with E-state index in [1.807, 2.05) is 26.8 Å². The summed E-state index contributed by atoms with van der Waals surface area (Å²) in [5, 5.41) is 5.91. The van der Waals surface area contributed by atoms with E-state index in [1.165, 1.54) is 0 Å². The third kappa shape index (κ3) is 4.38. The Morgan fingerprint density at radius 3 is 1.34 bits per heavy atom. The molecule has 0 fully saturated rings. The summed E-state index contributed by atoms with van der Waals surface area (Å²) in [7, 11) is 0. The number of amides is 2. The Kier molecular flexibility index (Phi) is 5.54. The molecule has 0 unspecified atom stereocenters. The predicted molar refractivity (Wildman–Crippen MR) is 118 cm³/mol.